The Morgan fingerprint density at radius 3 is 2.94 bits per heavy atom. The zero-order chi connectivity index (χ0) is 11.8. The van der Waals surface area contributed by atoms with Crippen LogP contribution in [0.1, 0.15) is 0 Å². The number of hydrogen-bond acceptors (Lipinski definition) is 3. The van der Waals surface area contributed by atoms with Crippen LogP contribution >= 0.6 is 12.6 Å². The third-order valence-corrected chi connectivity index (χ3v) is 2.81. The van der Waals surface area contributed by atoms with Gasteiger partial charge in [0.1, 0.15) is 0 Å². The van der Waals surface area contributed by atoms with Crippen LogP contribution in [0, 0.1) is 0 Å². The summed E-state index contributed by atoms with van der Waals surface area (Å²) < 4.78 is 1.67. The zero-order valence-electron chi connectivity index (χ0n) is 8.79. The molecule has 1 aromatic carbocycles. The van der Waals surface area contributed by atoms with Gasteiger partial charge in [0.05, 0.1) is 11.9 Å². The van der Waals surface area contributed by atoms with Gasteiger partial charge in [-0.2, -0.15) is 0 Å². The Kier molecular flexibility index (Phi) is 2.26. The highest BCUT2D eigenvalue weighted by Gasteiger charge is 2.06. The minimum atomic E-state index is -0.154. The number of hydrogen-bond donors (Lipinski definition) is 2. The first-order chi connectivity index (χ1) is 8.24. The molecule has 0 atom stereocenters. The Hall–Kier alpha value is -2.01. The molecule has 0 unspecified atom stereocenters. The van der Waals surface area contributed by atoms with Gasteiger partial charge in [-0.15, -0.1) is 12.6 Å². The SMILES string of the molecule is O=c1ccc2ncc(-c3cccc(S)c3)n2[nH]1. The number of aromatic nitrogens is 3. The van der Waals surface area contributed by atoms with Gasteiger partial charge in [-0.25, -0.2) is 9.50 Å². The first-order valence-corrected chi connectivity index (χ1v) is 5.55. The molecule has 5 heteroatoms. The minimum Gasteiger partial charge on any atom is -0.268 e. The van der Waals surface area contributed by atoms with Gasteiger partial charge in [-0.1, -0.05) is 12.1 Å². The molecular formula is C12H9N3OS. The molecule has 3 rings (SSSR count). The minimum absolute atomic E-state index is 0.154. The quantitative estimate of drug-likeness (QED) is 0.642. The van der Waals surface area contributed by atoms with E-state index in [9.17, 15) is 4.79 Å². The number of nitrogens with zero attached hydrogens (tertiary/aromatic N) is 2. The second-order valence-corrected chi connectivity index (χ2v) is 4.21. The van der Waals surface area contributed by atoms with Crippen LogP contribution in [0.2, 0.25) is 0 Å². The summed E-state index contributed by atoms with van der Waals surface area (Å²) in [6.45, 7) is 0. The lowest BCUT2D eigenvalue weighted by Gasteiger charge is -2.01. The van der Waals surface area contributed by atoms with Gasteiger partial charge in [0.25, 0.3) is 5.56 Å². The van der Waals surface area contributed by atoms with Crippen LogP contribution in [-0.2, 0) is 0 Å². The van der Waals surface area contributed by atoms with Crippen LogP contribution in [-0.4, -0.2) is 14.6 Å². The molecule has 0 bridgehead atoms. The van der Waals surface area contributed by atoms with Crippen LogP contribution < -0.4 is 5.56 Å². The number of fused-ring (bicyclic) bond motifs is 1. The van der Waals surface area contributed by atoms with E-state index in [-0.39, 0.29) is 5.56 Å². The fourth-order valence-corrected chi connectivity index (χ4v) is 1.99. The monoisotopic (exact) mass is 243 g/mol. The van der Waals surface area contributed by atoms with E-state index >= 15 is 0 Å². The predicted octanol–water partition coefficient (Wildman–Crippen LogP) is 1.98. The highest BCUT2D eigenvalue weighted by molar-refractivity contribution is 7.80. The fraction of sp³-hybridized carbons (Fsp3) is 0. The fourth-order valence-electron chi connectivity index (χ4n) is 1.77. The Balaban J connectivity index is 2.30. The largest absolute Gasteiger partial charge is 0.268 e. The number of H-pyrrole nitrogens is 1. The van der Waals surface area contributed by atoms with Crippen molar-refractivity contribution in [1.82, 2.24) is 14.6 Å². The standard InChI is InChI=1S/C12H9N3OS/c16-12-5-4-11-13-7-10(15(11)14-12)8-2-1-3-9(17)6-8/h1-7,17H,(H,14,16). The summed E-state index contributed by atoms with van der Waals surface area (Å²) in [7, 11) is 0. The summed E-state index contributed by atoms with van der Waals surface area (Å²) >= 11 is 4.30. The number of thiol groups is 1. The molecule has 0 saturated carbocycles. The van der Waals surface area contributed by atoms with E-state index in [1.807, 2.05) is 24.3 Å². The third kappa shape index (κ3) is 1.74. The molecule has 3 aromatic rings. The topological polar surface area (TPSA) is 50.2 Å². The van der Waals surface area contributed by atoms with E-state index in [0.717, 1.165) is 16.2 Å². The van der Waals surface area contributed by atoms with Gasteiger partial charge >= 0.3 is 0 Å². The summed E-state index contributed by atoms with van der Waals surface area (Å²) in [6.07, 6.45) is 1.73. The second kappa shape index (κ2) is 3.78. The maximum absolute atomic E-state index is 11.3. The third-order valence-electron chi connectivity index (χ3n) is 2.54. The Morgan fingerprint density at radius 1 is 1.24 bits per heavy atom. The van der Waals surface area contributed by atoms with E-state index in [1.165, 1.54) is 6.07 Å². The van der Waals surface area contributed by atoms with Gasteiger partial charge in [0, 0.05) is 16.5 Å². The molecule has 0 aliphatic carbocycles. The molecule has 17 heavy (non-hydrogen) atoms. The number of imidazole rings is 1. The van der Waals surface area contributed by atoms with Crippen LogP contribution in [0.4, 0.5) is 0 Å². The van der Waals surface area contributed by atoms with Crippen molar-refractivity contribution in [2.24, 2.45) is 0 Å². The Morgan fingerprint density at radius 2 is 2.12 bits per heavy atom. The summed E-state index contributed by atoms with van der Waals surface area (Å²) in [5.74, 6) is 0. The Bertz CT molecular complexity index is 745. The van der Waals surface area contributed by atoms with Gasteiger partial charge in [-0.05, 0) is 18.2 Å². The first kappa shape index (κ1) is 10.2. The van der Waals surface area contributed by atoms with Crippen LogP contribution in [0.3, 0.4) is 0 Å². The van der Waals surface area contributed by atoms with Crippen LogP contribution in [0.25, 0.3) is 16.9 Å². The molecule has 2 heterocycles. The lowest BCUT2D eigenvalue weighted by atomic mass is 10.2. The highest BCUT2D eigenvalue weighted by atomic mass is 32.1. The van der Waals surface area contributed by atoms with E-state index in [1.54, 1.807) is 16.8 Å². The normalized spacial score (nSPS) is 10.9. The van der Waals surface area contributed by atoms with Gasteiger partial charge in [-0.3, -0.25) is 9.89 Å². The molecule has 0 saturated heterocycles. The van der Waals surface area contributed by atoms with Crippen molar-refractivity contribution in [1.29, 1.82) is 0 Å². The van der Waals surface area contributed by atoms with Crippen molar-refractivity contribution in [2.75, 3.05) is 0 Å². The van der Waals surface area contributed by atoms with Gasteiger partial charge < -0.3 is 0 Å². The molecular weight excluding hydrogens is 234 g/mol. The van der Waals surface area contributed by atoms with Crippen molar-refractivity contribution in [2.45, 2.75) is 4.90 Å². The lowest BCUT2D eigenvalue weighted by Crippen LogP contribution is -2.09. The average Bonchev–Trinajstić information content (AvgIpc) is 2.71. The average molecular weight is 243 g/mol. The maximum atomic E-state index is 11.3. The summed E-state index contributed by atoms with van der Waals surface area (Å²) in [5.41, 5.74) is 2.36. The van der Waals surface area contributed by atoms with Crippen molar-refractivity contribution >= 4 is 18.3 Å². The molecule has 0 aliphatic heterocycles. The summed E-state index contributed by atoms with van der Waals surface area (Å²) in [5, 5.41) is 2.73. The molecule has 0 radical (unpaired) electrons. The first-order valence-electron chi connectivity index (χ1n) is 5.10. The van der Waals surface area contributed by atoms with Crippen molar-refractivity contribution in [3.8, 4) is 11.3 Å². The maximum Gasteiger partial charge on any atom is 0.263 e. The number of rotatable bonds is 1. The molecule has 2 aromatic heterocycles. The number of benzene rings is 1. The summed E-state index contributed by atoms with van der Waals surface area (Å²) in [6, 6.07) is 10.8. The molecule has 4 nitrogen and oxygen atoms in total. The zero-order valence-corrected chi connectivity index (χ0v) is 9.69. The van der Waals surface area contributed by atoms with Gasteiger partial charge in [0.15, 0.2) is 5.65 Å². The van der Waals surface area contributed by atoms with Gasteiger partial charge in [0.2, 0.25) is 0 Å². The molecule has 84 valence electrons. The number of nitrogens with one attached hydrogen (secondary N) is 1. The predicted molar refractivity (Wildman–Crippen MR) is 68.5 cm³/mol. The summed E-state index contributed by atoms with van der Waals surface area (Å²) in [4.78, 5) is 16.4. The van der Waals surface area contributed by atoms with E-state index < -0.39 is 0 Å². The molecule has 0 aliphatic rings. The van der Waals surface area contributed by atoms with E-state index in [0.29, 0.717) is 5.65 Å². The molecule has 0 spiro atoms. The smallest absolute Gasteiger partial charge is 0.263 e. The van der Waals surface area contributed by atoms with Crippen molar-refractivity contribution in [3.05, 3.63) is 52.9 Å². The van der Waals surface area contributed by atoms with E-state index in [2.05, 4.69) is 22.7 Å². The van der Waals surface area contributed by atoms with Crippen LogP contribution in [0.15, 0.2) is 52.3 Å². The molecule has 0 amide bonds. The molecule has 1 N–H and O–H groups in total. The number of aromatic amines is 1. The highest BCUT2D eigenvalue weighted by Crippen LogP contribution is 2.21. The van der Waals surface area contributed by atoms with Crippen molar-refractivity contribution in [3.63, 3.8) is 0 Å². The van der Waals surface area contributed by atoms with Crippen molar-refractivity contribution < 1.29 is 0 Å². The van der Waals surface area contributed by atoms with E-state index in [4.69, 9.17) is 0 Å². The lowest BCUT2D eigenvalue weighted by molar-refractivity contribution is 0.911. The van der Waals surface area contributed by atoms with Crippen LogP contribution in [0.5, 0.6) is 0 Å². The second-order valence-electron chi connectivity index (χ2n) is 3.70. The Labute approximate surface area is 102 Å². The molecule has 0 fully saturated rings.